The second-order valence-electron chi connectivity index (χ2n) is 4.22. The van der Waals surface area contributed by atoms with Crippen molar-refractivity contribution in [3.8, 4) is 0 Å². The molecule has 0 unspecified atom stereocenters. The summed E-state index contributed by atoms with van der Waals surface area (Å²) in [5, 5.41) is 0.992. The van der Waals surface area contributed by atoms with Gasteiger partial charge in [0.15, 0.2) is 5.82 Å². The van der Waals surface area contributed by atoms with Gasteiger partial charge in [-0.05, 0) is 19.4 Å². The summed E-state index contributed by atoms with van der Waals surface area (Å²) in [5.74, 6) is 1.29. The molecule has 0 fully saturated rings. The first-order chi connectivity index (χ1) is 8.65. The van der Waals surface area contributed by atoms with E-state index in [-0.39, 0.29) is 0 Å². The molecule has 2 N–H and O–H groups in total. The number of imidazole rings is 1. The Labute approximate surface area is 108 Å². The van der Waals surface area contributed by atoms with Gasteiger partial charge in [0.1, 0.15) is 10.6 Å². The quantitative estimate of drug-likeness (QED) is 0.765. The molecule has 0 saturated heterocycles. The fraction of sp³-hybridized carbons (Fsp3) is 0.250. The topological polar surface area (TPSA) is 69.6 Å². The molecule has 0 aliphatic heterocycles. The second-order valence-corrected chi connectivity index (χ2v) is 5.43. The molecule has 3 aromatic heterocycles. The van der Waals surface area contributed by atoms with E-state index in [2.05, 4.69) is 28.8 Å². The van der Waals surface area contributed by atoms with Crippen LogP contribution in [0.15, 0.2) is 18.7 Å². The molecule has 0 aliphatic carbocycles. The van der Waals surface area contributed by atoms with Crippen LogP contribution >= 0.6 is 11.3 Å². The first-order valence-electron chi connectivity index (χ1n) is 5.63. The number of nitrogen functional groups attached to an aromatic ring is 1. The van der Waals surface area contributed by atoms with Gasteiger partial charge >= 0.3 is 0 Å². The number of nitrogens with zero attached hydrogens (tertiary/aromatic N) is 4. The van der Waals surface area contributed by atoms with Crippen LogP contribution in [0.5, 0.6) is 0 Å². The van der Waals surface area contributed by atoms with Crippen LogP contribution < -0.4 is 5.73 Å². The number of hydrogen-bond donors (Lipinski definition) is 1. The molecule has 0 aromatic carbocycles. The molecule has 0 spiro atoms. The molecule has 3 rings (SSSR count). The Hall–Kier alpha value is -1.95. The summed E-state index contributed by atoms with van der Waals surface area (Å²) in [5.41, 5.74) is 7.21. The van der Waals surface area contributed by atoms with Crippen LogP contribution in [0.2, 0.25) is 0 Å². The highest BCUT2D eigenvalue weighted by molar-refractivity contribution is 7.18. The number of anilines is 1. The summed E-state index contributed by atoms with van der Waals surface area (Å²) < 4.78 is 1.92. The Bertz CT molecular complexity index is 699. The molecule has 0 aliphatic rings. The van der Waals surface area contributed by atoms with Crippen molar-refractivity contribution in [2.24, 2.45) is 0 Å². The van der Waals surface area contributed by atoms with E-state index in [0.717, 1.165) is 16.0 Å². The van der Waals surface area contributed by atoms with Gasteiger partial charge in [-0.15, -0.1) is 11.3 Å². The molecule has 18 heavy (non-hydrogen) atoms. The van der Waals surface area contributed by atoms with E-state index in [9.17, 15) is 0 Å². The SMILES string of the molecule is Cc1sc2nc(Cn3ccnc3)nc(N)c2c1C. The predicted octanol–water partition coefficient (Wildman–Crippen LogP) is 2.14. The van der Waals surface area contributed by atoms with Gasteiger partial charge in [0.2, 0.25) is 0 Å². The monoisotopic (exact) mass is 259 g/mol. The van der Waals surface area contributed by atoms with E-state index >= 15 is 0 Å². The fourth-order valence-corrected chi connectivity index (χ4v) is 3.00. The summed E-state index contributed by atoms with van der Waals surface area (Å²) >= 11 is 1.66. The van der Waals surface area contributed by atoms with E-state index in [1.54, 1.807) is 23.9 Å². The minimum atomic E-state index is 0.567. The van der Waals surface area contributed by atoms with Gasteiger partial charge in [-0.2, -0.15) is 0 Å². The molecule has 0 amide bonds. The zero-order valence-corrected chi connectivity index (χ0v) is 11.0. The van der Waals surface area contributed by atoms with Gasteiger partial charge in [-0.25, -0.2) is 15.0 Å². The normalized spacial score (nSPS) is 11.2. The molecule has 92 valence electrons. The average Bonchev–Trinajstić information content (AvgIpc) is 2.89. The molecule has 0 saturated carbocycles. The van der Waals surface area contributed by atoms with Crippen molar-refractivity contribution in [1.82, 2.24) is 19.5 Å². The van der Waals surface area contributed by atoms with Gasteiger partial charge in [-0.1, -0.05) is 0 Å². The summed E-state index contributed by atoms with van der Waals surface area (Å²) in [4.78, 5) is 15.2. The fourth-order valence-electron chi connectivity index (χ4n) is 1.94. The lowest BCUT2D eigenvalue weighted by Gasteiger charge is -2.03. The number of fused-ring (bicyclic) bond motifs is 1. The third kappa shape index (κ3) is 1.74. The second kappa shape index (κ2) is 4.06. The van der Waals surface area contributed by atoms with Crippen molar-refractivity contribution >= 4 is 27.4 Å². The van der Waals surface area contributed by atoms with Crippen LogP contribution in [0.3, 0.4) is 0 Å². The highest BCUT2D eigenvalue weighted by Gasteiger charge is 2.12. The van der Waals surface area contributed by atoms with Crippen LogP contribution in [0, 0.1) is 13.8 Å². The Balaban J connectivity index is 2.10. The molecular formula is C12H13N5S. The van der Waals surface area contributed by atoms with Gasteiger partial charge in [-0.3, -0.25) is 0 Å². The van der Waals surface area contributed by atoms with E-state index in [4.69, 9.17) is 5.73 Å². The lowest BCUT2D eigenvalue weighted by molar-refractivity contribution is 0.750. The molecule has 0 radical (unpaired) electrons. The standard InChI is InChI=1S/C12H13N5S/c1-7-8(2)18-12-10(7)11(13)15-9(16-12)5-17-4-3-14-6-17/h3-4,6H,5H2,1-2H3,(H2,13,15,16). The van der Waals surface area contributed by atoms with Gasteiger partial charge in [0, 0.05) is 17.3 Å². The van der Waals surface area contributed by atoms with E-state index in [1.165, 1.54) is 10.4 Å². The molecule has 0 atom stereocenters. The Morgan fingerprint density at radius 3 is 2.89 bits per heavy atom. The minimum Gasteiger partial charge on any atom is -0.383 e. The van der Waals surface area contributed by atoms with Crippen LogP contribution in [-0.4, -0.2) is 19.5 Å². The minimum absolute atomic E-state index is 0.567. The molecule has 5 nitrogen and oxygen atoms in total. The zero-order chi connectivity index (χ0) is 12.7. The van der Waals surface area contributed by atoms with Crippen LogP contribution in [0.25, 0.3) is 10.2 Å². The van der Waals surface area contributed by atoms with Crippen molar-refractivity contribution < 1.29 is 0 Å². The largest absolute Gasteiger partial charge is 0.383 e. The summed E-state index contributed by atoms with van der Waals surface area (Å²) in [6.45, 7) is 4.73. The van der Waals surface area contributed by atoms with Crippen LogP contribution in [0.1, 0.15) is 16.3 Å². The third-order valence-electron chi connectivity index (χ3n) is 2.99. The molecule has 6 heteroatoms. The molecule has 3 aromatic rings. The van der Waals surface area contributed by atoms with E-state index < -0.39 is 0 Å². The van der Waals surface area contributed by atoms with E-state index in [1.807, 2.05) is 10.8 Å². The Morgan fingerprint density at radius 2 is 2.17 bits per heavy atom. The third-order valence-corrected chi connectivity index (χ3v) is 4.09. The maximum absolute atomic E-state index is 6.03. The molecule has 3 heterocycles. The van der Waals surface area contributed by atoms with Crippen molar-refractivity contribution in [3.05, 3.63) is 35.0 Å². The van der Waals surface area contributed by atoms with Crippen molar-refractivity contribution in [3.63, 3.8) is 0 Å². The predicted molar refractivity (Wildman–Crippen MR) is 72.6 cm³/mol. The number of aryl methyl sites for hydroxylation is 2. The number of nitrogens with two attached hydrogens (primary N) is 1. The van der Waals surface area contributed by atoms with Gasteiger partial charge in [0.05, 0.1) is 18.3 Å². The maximum Gasteiger partial charge on any atom is 0.152 e. The summed E-state index contributed by atoms with van der Waals surface area (Å²) in [6, 6.07) is 0. The number of thiophene rings is 1. The van der Waals surface area contributed by atoms with E-state index in [0.29, 0.717) is 12.4 Å². The van der Waals surface area contributed by atoms with Crippen LogP contribution in [-0.2, 0) is 6.54 Å². The maximum atomic E-state index is 6.03. The number of aromatic nitrogens is 4. The molecular weight excluding hydrogens is 246 g/mol. The van der Waals surface area contributed by atoms with Crippen molar-refractivity contribution in [2.45, 2.75) is 20.4 Å². The van der Waals surface area contributed by atoms with Gasteiger partial charge in [0.25, 0.3) is 0 Å². The molecule has 0 bridgehead atoms. The zero-order valence-electron chi connectivity index (χ0n) is 10.2. The highest BCUT2D eigenvalue weighted by atomic mass is 32.1. The number of rotatable bonds is 2. The highest BCUT2D eigenvalue weighted by Crippen LogP contribution is 2.31. The van der Waals surface area contributed by atoms with Crippen molar-refractivity contribution in [1.29, 1.82) is 0 Å². The summed E-state index contributed by atoms with van der Waals surface area (Å²) in [6.07, 6.45) is 5.37. The Kier molecular flexibility index (Phi) is 2.52. The first kappa shape index (κ1) is 11.2. The average molecular weight is 259 g/mol. The lowest BCUT2D eigenvalue weighted by Crippen LogP contribution is -2.05. The van der Waals surface area contributed by atoms with Gasteiger partial charge < -0.3 is 10.3 Å². The number of hydrogen-bond acceptors (Lipinski definition) is 5. The smallest absolute Gasteiger partial charge is 0.152 e. The van der Waals surface area contributed by atoms with Crippen LogP contribution in [0.4, 0.5) is 5.82 Å². The lowest BCUT2D eigenvalue weighted by atomic mass is 10.2. The first-order valence-corrected chi connectivity index (χ1v) is 6.44. The van der Waals surface area contributed by atoms with Crippen molar-refractivity contribution in [2.75, 3.05) is 5.73 Å². The summed E-state index contributed by atoms with van der Waals surface area (Å²) in [7, 11) is 0. The Morgan fingerprint density at radius 1 is 1.33 bits per heavy atom.